The van der Waals surface area contributed by atoms with Crippen molar-refractivity contribution in [2.24, 2.45) is 0 Å². The van der Waals surface area contributed by atoms with Crippen LogP contribution in [-0.2, 0) is 0 Å². The molecule has 0 aromatic rings. The lowest BCUT2D eigenvalue weighted by atomic mass is 9.85. The molecule has 0 saturated heterocycles. The lowest BCUT2D eigenvalue weighted by Gasteiger charge is -2.19. The minimum absolute atomic E-state index is 1.35. The zero-order valence-corrected chi connectivity index (χ0v) is 9.89. The zero-order chi connectivity index (χ0) is 11.0. The predicted molar refractivity (Wildman–Crippen MR) is 66.4 cm³/mol. The number of hydrogen-bond acceptors (Lipinski definition) is 0. The summed E-state index contributed by atoms with van der Waals surface area (Å²) in [6.07, 6.45) is 11.0. The van der Waals surface area contributed by atoms with Crippen LogP contribution in [0.5, 0.6) is 0 Å². The highest BCUT2D eigenvalue weighted by Gasteiger charge is 2.16. The van der Waals surface area contributed by atoms with E-state index in [4.69, 9.17) is 0 Å². The summed E-state index contributed by atoms with van der Waals surface area (Å²) >= 11 is 0. The third-order valence-electron chi connectivity index (χ3n) is 3.39. The van der Waals surface area contributed by atoms with Gasteiger partial charge in [-0.1, -0.05) is 29.9 Å². The maximum Gasteiger partial charge on any atom is 0.0137 e. The molecule has 0 unspecified atom stereocenters. The fraction of sp³-hybridized carbons (Fsp3) is 0.267. The summed E-state index contributed by atoms with van der Waals surface area (Å²) in [4.78, 5) is 0. The fourth-order valence-corrected chi connectivity index (χ4v) is 2.01. The Morgan fingerprint density at radius 1 is 0.733 bits per heavy atom. The second-order valence-electron chi connectivity index (χ2n) is 4.30. The Labute approximate surface area is 92.4 Å². The quantitative estimate of drug-likeness (QED) is 0.543. The van der Waals surface area contributed by atoms with Crippen molar-refractivity contribution in [3.63, 3.8) is 0 Å². The van der Waals surface area contributed by atoms with Gasteiger partial charge in [0.1, 0.15) is 0 Å². The van der Waals surface area contributed by atoms with Gasteiger partial charge < -0.3 is 0 Å². The largest absolute Gasteiger partial charge is 0.0728 e. The topological polar surface area (TPSA) is 0 Å². The van der Waals surface area contributed by atoms with Crippen molar-refractivity contribution in [3.8, 4) is 0 Å². The van der Waals surface area contributed by atoms with E-state index in [9.17, 15) is 0 Å². The fourth-order valence-electron chi connectivity index (χ4n) is 2.01. The van der Waals surface area contributed by atoms with E-state index in [1.54, 1.807) is 0 Å². The molecule has 0 nitrogen and oxygen atoms in total. The molecule has 0 aliphatic heterocycles. The predicted octanol–water partition coefficient (Wildman–Crippen LogP) is 4.30. The molecule has 77 valence electrons. The van der Waals surface area contributed by atoms with Crippen LogP contribution < -0.4 is 0 Å². The Kier molecular flexibility index (Phi) is 2.52. The summed E-state index contributed by atoms with van der Waals surface area (Å²) in [5.74, 6) is 0. The summed E-state index contributed by atoms with van der Waals surface area (Å²) in [6, 6.07) is 0. The lowest BCUT2D eigenvalue weighted by Crippen LogP contribution is -2.01. The molecule has 0 amide bonds. The molecule has 2 aliphatic rings. The zero-order valence-electron chi connectivity index (χ0n) is 9.89. The first-order chi connectivity index (χ1) is 7.11. The Hall–Kier alpha value is -1.30. The molecule has 0 atom stereocenters. The molecular formula is C15H17. The van der Waals surface area contributed by atoms with Gasteiger partial charge in [-0.3, -0.25) is 0 Å². The van der Waals surface area contributed by atoms with E-state index in [1.807, 2.05) is 0 Å². The van der Waals surface area contributed by atoms with Crippen LogP contribution in [0.3, 0.4) is 0 Å². The van der Waals surface area contributed by atoms with E-state index >= 15 is 0 Å². The van der Waals surface area contributed by atoms with Crippen LogP contribution in [-0.4, -0.2) is 0 Å². The summed E-state index contributed by atoms with van der Waals surface area (Å²) in [5, 5.41) is 0. The molecule has 0 spiro atoms. The highest BCUT2D eigenvalue weighted by atomic mass is 14.2. The van der Waals surface area contributed by atoms with E-state index in [2.05, 4.69) is 58.4 Å². The van der Waals surface area contributed by atoms with Crippen LogP contribution in [0.25, 0.3) is 0 Å². The monoisotopic (exact) mass is 197 g/mol. The molecular weight excluding hydrogens is 180 g/mol. The van der Waals surface area contributed by atoms with Crippen LogP contribution in [0.1, 0.15) is 27.7 Å². The van der Waals surface area contributed by atoms with Gasteiger partial charge in [-0.25, -0.2) is 0 Å². The van der Waals surface area contributed by atoms with Gasteiger partial charge in [-0.2, -0.15) is 0 Å². The molecule has 0 heterocycles. The van der Waals surface area contributed by atoms with Gasteiger partial charge in [0.15, 0.2) is 0 Å². The van der Waals surface area contributed by atoms with Crippen LogP contribution in [0.4, 0.5) is 0 Å². The Bertz CT molecular complexity index is 448. The second-order valence-corrected chi connectivity index (χ2v) is 4.30. The van der Waals surface area contributed by atoms with Crippen LogP contribution in [0, 0.1) is 6.42 Å². The smallest absolute Gasteiger partial charge is 0.0137 e. The number of rotatable bonds is 0. The Morgan fingerprint density at radius 3 is 2.07 bits per heavy atom. The third-order valence-corrected chi connectivity index (χ3v) is 3.39. The van der Waals surface area contributed by atoms with Crippen molar-refractivity contribution in [1.82, 2.24) is 0 Å². The van der Waals surface area contributed by atoms with Gasteiger partial charge in [-0.15, -0.1) is 0 Å². The molecule has 0 bridgehead atoms. The summed E-state index contributed by atoms with van der Waals surface area (Å²) < 4.78 is 0. The van der Waals surface area contributed by atoms with Crippen molar-refractivity contribution in [2.45, 2.75) is 27.7 Å². The van der Waals surface area contributed by atoms with Crippen LogP contribution >= 0.6 is 0 Å². The van der Waals surface area contributed by atoms with Gasteiger partial charge in [0, 0.05) is 6.42 Å². The van der Waals surface area contributed by atoms with Crippen LogP contribution in [0.2, 0.25) is 0 Å². The molecule has 0 fully saturated rings. The molecule has 0 aromatic heterocycles. The van der Waals surface area contributed by atoms with E-state index in [0.717, 1.165) is 0 Å². The molecule has 1 radical (unpaired) electrons. The SMILES string of the molecule is CC1=CC=CC2=C(C)C(C)=C[CH]C2=C1C. The summed E-state index contributed by atoms with van der Waals surface area (Å²) in [6.45, 7) is 8.74. The molecule has 0 saturated carbocycles. The van der Waals surface area contributed by atoms with Crippen molar-refractivity contribution in [2.75, 3.05) is 0 Å². The van der Waals surface area contributed by atoms with E-state index in [1.165, 1.54) is 33.4 Å². The molecule has 15 heavy (non-hydrogen) atoms. The normalized spacial score (nSPS) is 21.1. The molecule has 2 aliphatic carbocycles. The van der Waals surface area contributed by atoms with Gasteiger partial charge in [0.05, 0.1) is 0 Å². The van der Waals surface area contributed by atoms with Crippen molar-refractivity contribution in [3.05, 3.63) is 64.2 Å². The van der Waals surface area contributed by atoms with Gasteiger partial charge >= 0.3 is 0 Å². The lowest BCUT2D eigenvalue weighted by molar-refractivity contribution is 1.19. The minimum Gasteiger partial charge on any atom is -0.0728 e. The van der Waals surface area contributed by atoms with Crippen molar-refractivity contribution < 1.29 is 0 Å². The Balaban J connectivity index is 2.64. The van der Waals surface area contributed by atoms with Gasteiger partial charge in [0.2, 0.25) is 0 Å². The maximum absolute atomic E-state index is 2.24. The first-order valence-corrected chi connectivity index (χ1v) is 5.40. The van der Waals surface area contributed by atoms with E-state index in [0.29, 0.717) is 0 Å². The maximum atomic E-state index is 2.24. The van der Waals surface area contributed by atoms with E-state index < -0.39 is 0 Å². The highest BCUT2D eigenvalue weighted by molar-refractivity contribution is 5.63. The summed E-state index contributed by atoms with van der Waals surface area (Å²) in [5.41, 5.74) is 8.25. The van der Waals surface area contributed by atoms with Gasteiger partial charge in [0.25, 0.3) is 0 Å². The Morgan fingerprint density at radius 2 is 1.33 bits per heavy atom. The number of fused-ring (bicyclic) bond motifs is 1. The van der Waals surface area contributed by atoms with Gasteiger partial charge in [-0.05, 0) is 55.6 Å². The highest BCUT2D eigenvalue weighted by Crippen LogP contribution is 2.34. The standard InChI is InChI=1S/C15H17/c1-10-6-5-7-14-13(4)11(2)8-9-15(14)12(10)3/h5-9H,1-4H3. The van der Waals surface area contributed by atoms with Crippen molar-refractivity contribution in [1.29, 1.82) is 0 Å². The summed E-state index contributed by atoms with van der Waals surface area (Å²) in [7, 11) is 0. The molecule has 0 aromatic carbocycles. The van der Waals surface area contributed by atoms with E-state index in [-0.39, 0.29) is 0 Å². The first kappa shape index (κ1) is 10.2. The number of allylic oxidation sites excluding steroid dienone is 10. The molecule has 2 rings (SSSR count). The average Bonchev–Trinajstić information content (AvgIpc) is 2.35. The minimum atomic E-state index is 1.35. The third kappa shape index (κ3) is 1.65. The first-order valence-electron chi connectivity index (χ1n) is 5.40. The molecule has 0 N–H and O–H groups in total. The average molecular weight is 197 g/mol. The van der Waals surface area contributed by atoms with Crippen LogP contribution in [0.15, 0.2) is 57.7 Å². The number of hydrogen-bond donors (Lipinski definition) is 0. The molecule has 0 heteroatoms. The second kappa shape index (κ2) is 3.69. The van der Waals surface area contributed by atoms with Crippen molar-refractivity contribution >= 4 is 0 Å².